The Balaban J connectivity index is 1.62. The van der Waals surface area contributed by atoms with Crippen molar-refractivity contribution in [3.63, 3.8) is 0 Å². The second-order valence-electron chi connectivity index (χ2n) is 6.75. The quantitative estimate of drug-likeness (QED) is 0.913. The fourth-order valence-electron chi connectivity index (χ4n) is 3.92. The van der Waals surface area contributed by atoms with Crippen LogP contribution < -0.4 is 0 Å². The van der Waals surface area contributed by atoms with Gasteiger partial charge in [-0.15, -0.1) is 0 Å². The van der Waals surface area contributed by atoms with E-state index in [1.54, 1.807) is 6.07 Å². The molecule has 0 bridgehead atoms. The van der Waals surface area contributed by atoms with Crippen LogP contribution in [0.1, 0.15) is 35.5 Å². The Morgan fingerprint density at radius 1 is 1.38 bits per heavy atom. The minimum absolute atomic E-state index is 0.0824. The first-order valence-corrected chi connectivity index (χ1v) is 8.57. The highest BCUT2D eigenvalue weighted by Crippen LogP contribution is 2.33. The second kappa shape index (κ2) is 6.18. The molecule has 24 heavy (non-hydrogen) atoms. The van der Waals surface area contributed by atoms with E-state index in [1.807, 2.05) is 24.0 Å². The summed E-state index contributed by atoms with van der Waals surface area (Å²) >= 11 is 0. The highest BCUT2D eigenvalue weighted by Gasteiger charge is 2.40. The van der Waals surface area contributed by atoms with Crippen LogP contribution in [-0.4, -0.2) is 52.8 Å². The maximum Gasteiger partial charge on any atom is 0.290 e. The van der Waals surface area contributed by atoms with Crippen LogP contribution >= 0.6 is 0 Å². The molecular weight excluding hydrogens is 308 g/mol. The number of nitrogens with zero attached hydrogens (tertiary/aromatic N) is 2. The fraction of sp³-hybridized carbons (Fsp3) is 0.556. The lowest BCUT2D eigenvalue weighted by atomic mass is 9.94. The van der Waals surface area contributed by atoms with Crippen molar-refractivity contribution in [1.82, 2.24) is 9.88 Å². The third kappa shape index (κ3) is 2.70. The Labute approximate surface area is 140 Å². The van der Waals surface area contributed by atoms with Gasteiger partial charge in [0.15, 0.2) is 11.3 Å². The van der Waals surface area contributed by atoms with E-state index >= 15 is 0 Å². The molecule has 128 valence electrons. The van der Waals surface area contributed by atoms with Crippen LogP contribution in [0.25, 0.3) is 11.1 Å². The number of pyridine rings is 1. The molecule has 1 saturated heterocycles. The average Bonchev–Trinajstić information content (AvgIpc) is 3.19. The molecule has 6 nitrogen and oxygen atoms in total. The average molecular weight is 330 g/mol. The number of carbonyl (C=O) groups excluding carboxylic acids is 1. The summed E-state index contributed by atoms with van der Waals surface area (Å²) in [6.45, 7) is 3.43. The molecule has 1 N–H and O–H groups in total. The number of rotatable bonds is 2. The molecule has 3 heterocycles. The number of fused-ring (bicyclic) bond motifs is 1. The summed E-state index contributed by atoms with van der Waals surface area (Å²) in [5.41, 5.74) is 2.21. The van der Waals surface area contributed by atoms with Crippen molar-refractivity contribution in [1.29, 1.82) is 0 Å². The monoisotopic (exact) mass is 330 g/mol. The van der Waals surface area contributed by atoms with Gasteiger partial charge in [-0.1, -0.05) is 6.42 Å². The summed E-state index contributed by atoms with van der Waals surface area (Å²) in [7, 11) is 0. The highest BCUT2D eigenvalue weighted by atomic mass is 16.5. The van der Waals surface area contributed by atoms with Crippen LogP contribution in [-0.2, 0) is 4.74 Å². The predicted octanol–water partition coefficient (Wildman–Crippen LogP) is 2.14. The Hall–Kier alpha value is -1.92. The zero-order chi connectivity index (χ0) is 16.7. The van der Waals surface area contributed by atoms with Gasteiger partial charge in [-0.2, -0.15) is 0 Å². The number of aliphatic hydroxyl groups is 1. The number of amides is 1. The van der Waals surface area contributed by atoms with Crippen molar-refractivity contribution in [2.45, 2.75) is 38.3 Å². The van der Waals surface area contributed by atoms with Gasteiger partial charge >= 0.3 is 0 Å². The first-order valence-electron chi connectivity index (χ1n) is 8.57. The van der Waals surface area contributed by atoms with Crippen molar-refractivity contribution in [3.05, 3.63) is 29.7 Å². The maximum absolute atomic E-state index is 13.0. The third-order valence-electron chi connectivity index (χ3n) is 5.18. The van der Waals surface area contributed by atoms with Gasteiger partial charge in [-0.25, -0.2) is 4.98 Å². The van der Waals surface area contributed by atoms with Gasteiger partial charge in [-0.05, 0) is 31.9 Å². The summed E-state index contributed by atoms with van der Waals surface area (Å²) in [6, 6.07) is 5.33. The van der Waals surface area contributed by atoms with Crippen LogP contribution in [0.15, 0.2) is 22.6 Å². The standard InChI is InChI=1S/C18H22N2O4/c1-11-5-6-16-13(19-11)9-17(24-16)18(22)20-7-8-23-10-14(20)12-3-2-4-15(12)21/h5-6,9,12,14-15,21H,2-4,7-8,10H2,1H3/t12-,14-,15+/m1/s1. The molecule has 2 aromatic heterocycles. The Morgan fingerprint density at radius 2 is 2.25 bits per heavy atom. The maximum atomic E-state index is 13.0. The molecule has 4 rings (SSSR count). The van der Waals surface area contributed by atoms with Crippen molar-refractivity contribution in [2.75, 3.05) is 19.8 Å². The summed E-state index contributed by atoms with van der Waals surface area (Å²) in [5.74, 6) is 0.250. The van der Waals surface area contributed by atoms with Gasteiger partial charge in [0.2, 0.25) is 0 Å². The van der Waals surface area contributed by atoms with Gasteiger partial charge in [0, 0.05) is 24.2 Å². The molecule has 0 aromatic carbocycles. The second-order valence-corrected chi connectivity index (χ2v) is 6.75. The Morgan fingerprint density at radius 3 is 3.04 bits per heavy atom. The van der Waals surface area contributed by atoms with Crippen molar-refractivity contribution in [3.8, 4) is 0 Å². The third-order valence-corrected chi connectivity index (χ3v) is 5.18. The number of carbonyl (C=O) groups is 1. The van der Waals surface area contributed by atoms with Crippen molar-refractivity contribution < 1.29 is 19.1 Å². The first-order chi connectivity index (χ1) is 11.6. The van der Waals surface area contributed by atoms with Gasteiger partial charge in [-0.3, -0.25) is 4.79 Å². The smallest absolute Gasteiger partial charge is 0.290 e. The molecule has 3 atom stereocenters. The number of morpholine rings is 1. The molecule has 2 fully saturated rings. The molecule has 0 unspecified atom stereocenters. The molecule has 1 amide bonds. The number of furan rings is 1. The van der Waals surface area contributed by atoms with E-state index < -0.39 is 0 Å². The van der Waals surface area contributed by atoms with Gasteiger partial charge < -0.3 is 19.2 Å². The van der Waals surface area contributed by atoms with Crippen LogP contribution in [0.5, 0.6) is 0 Å². The SMILES string of the molecule is Cc1ccc2oc(C(=O)N3CCOC[C@@H]3[C@H]3CCC[C@@H]3O)cc2n1. The molecule has 0 radical (unpaired) electrons. The van der Waals surface area contributed by atoms with Gasteiger partial charge in [0.05, 0.1) is 25.4 Å². The Kier molecular flexibility index (Phi) is 4.02. The summed E-state index contributed by atoms with van der Waals surface area (Å²) in [4.78, 5) is 19.2. The molecule has 2 aromatic rings. The first kappa shape index (κ1) is 15.6. The lowest BCUT2D eigenvalue weighted by molar-refractivity contribution is -0.0393. The van der Waals surface area contributed by atoms with E-state index in [0.717, 1.165) is 25.0 Å². The summed E-state index contributed by atoms with van der Waals surface area (Å²) in [6.07, 6.45) is 2.38. The fourth-order valence-corrected chi connectivity index (χ4v) is 3.92. The largest absolute Gasteiger partial charge is 0.449 e. The zero-order valence-electron chi connectivity index (χ0n) is 13.8. The molecule has 1 saturated carbocycles. The minimum atomic E-state index is -0.355. The number of hydrogen-bond acceptors (Lipinski definition) is 5. The lowest BCUT2D eigenvalue weighted by Crippen LogP contribution is -2.53. The van der Waals surface area contributed by atoms with Crippen LogP contribution in [0.2, 0.25) is 0 Å². The van der Waals surface area contributed by atoms with Gasteiger partial charge in [0.1, 0.15) is 5.52 Å². The molecular formula is C18H22N2O4. The number of hydrogen-bond donors (Lipinski definition) is 1. The molecule has 2 aliphatic rings. The van der Waals surface area contributed by atoms with Crippen LogP contribution in [0.4, 0.5) is 0 Å². The number of aliphatic hydroxyl groups excluding tert-OH is 1. The Bertz CT molecular complexity index is 757. The number of aromatic nitrogens is 1. The van der Waals surface area contributed by atoms with E-state index in [9.17, 15) is 9.90 Å². The van der Waals surface area contributed by atoms with E-state index in [1.165, 1.54) is 0 Å². The van der Waals surface area contributed by atoms with E-state index in [0.29, 0.717) is 36.6 Å². The lowest BCUT2D eigenvalue weighted by Gasteiger charge is -2.39. The zero-order valence-corrected chi connectivity index (χ0v) is 13.8. The van der Waals surface area contributed by atoms with Crippen molar-refractivity contribution in [2.24, 2.45) is 5.92 Å². The molecule has 0 spiro atoms. The topological polar surface area (TPSA) is 75.8 Å². The molecule has 1 aliphatic carbocycles. The van der Waals surface area contributed by atoms with Crippen LogP contribution in [0, 0.1) is 12.8 Å². The minimum Gasteiger partial charge on any atom is -0.449 e. The van der Waals surface area contributed by atoms with Gasteiger partial charge in [0.25, 0.3) is 5.91 Å². The molecule has 1 aliphatic heterocycles. The molecule has 6 heteroatoms. The number of aryl methyl sites for hydroxylation is 1. The highest BCUT2D eigenvalue weighted by molar-refractivity contribution is 5.95. The number of ether oxygens (including phenoxy) is 1. The normalized spacial score (nSPS) is 27.8. The summed E-state index contributed by atoms with van der Waals surface area (Å²) in [5, 5.41) is 10.2. The van der Waals surface area contributed by atoms with Crippen molar-refractivity contribution >= 4 is 17.0 Å². The van der Waals surface area contributed by atoms with E-state index in [2.05, 4.69) is 4.98 Å². The van der Waals surface area contributed by atoms with E-state index in [-0.39, 0.29) is 24.0 Å². The summed E-state index contributed by atoms with van der Waals surface area (Å²) < 4.78 is 11.3. The predicted molar refractivity (Wildman–Crippen MR) is 87.7 cm³/mol. The van der Waals surface area contributed by atoms with E-state index in [4.69, 9.17) is 9.15 Å². The van der Waals surface area contributed by atoms with Crippen LogP contribution in [0.3, 0.4) is 0 Å².